The van der Waals surface area contributed by atoms with Crippen molar-refractivity contribution in [3.63, 3.8) is 0 Å². The monoisotopic (exact) mass is 202 g/mol. The number of carbonyl (C=O) groups is 2. The van der Waals surface area contributed by atoms with E-state index in [0.717, 1.165) is 17.5 Å². The average Bonchev–Trinajstić information content (AvgIpc) is 2.23. The molecule has 1 aliphatic carbocycles. The highest BCUT2D eigenvalue weighted by molar-refractivity contribution is 6.14. The summed E-state index contributed by atoms with van der Waals surface area (Å²) in [5.74, 6) is 0.217. The van der Waals surface area contributed by atoms with E-state index >= 15 is 0 Å². The summed E-state index contributed by atoms with van der Waals surface area (Å²) in [6.45, 7) is 4.05. The molecule has 2 rings (SSSR count). The first kappa shape index (κ1) is 10.1. The van der Waals surface area contributed by atoms with Crippen molar-refractivity contribution in [1.82, 2.24) is 0 Å². The van der Waals surface area contributed by atoms with Gasteiger partial charge in [0, 0.05) is 24.0 Å². The molecule has 0 saturated carbocycles. The van der Waals surface area contributed by atoms with Gasteiger partial charge in [0.25, 0.3) is 0 Å². The van der Waals surface area contributed by atoms with Crippen molar-refractivity contribution in [3.05, 3.63) is 34.4 Å². The first-order valence-corrected chi connectivity index (χ1v) is 5.33. The summed E-state index contributed by atoms with van der Waals surface area (Å²) in [4.78, 5) is 23.3. The minimum atomic E-state index is 0.107. The number of hydrogen-bond acceptors (Lipinski definition) is 2. The number of ketones is 2. The Bertz CT molecular complexity index is 444. The highest BCUT2D eigenvalue weighted by atomic mass is 16.1. The zero-order valence-corrected chi connectivity index (χ0v) is 9.09. The van der Waals surface area contributed by atoms with Gasteiger partial charge in [0.2, 0.25) is 0 Å². The van der Waals surface area contributed by atoms with Gasteiger partial charge in [-0.05, 0) is 36.6 Å². The van der Waals surface area contributed by atoms with Crippen molar-refractivity contribution in [2.75, 3.05) is 0 Å². The second-order valence-corrected chi connectivity index (χ2v) is 4.02. The van der Waals surface area contributed by atoms with Crippen LogP contribution in [0.2, 0.25) is 0 Å². The number of Topliss-reactive ketones (excluding diaryl/α,β-unsaturated/α-hetero) is 2. The molecule has 1 aliphatic rings. The highest BCUT2D eigenvalue weighted by Crippen LogP contribution is 2.24. The minimum Gasteiger partial charge on any atom is -0.294 e. The van der Waals surface area contributed by atoms with E-state index in [9.17, 15) is 9.59 Å². The van der Waals surface area contributed by atoms with E-state index in [1.807, 2.05) is 19.1 Å². The van der Waals surface area contributed by atoms with E-state index in [2.05, 4.69) is 6.92 Å². The highest BCUT2D eigenvalue weighted by Gasteiger charge is 2.24. The van der Waals surface area contributed by atoms with Crippen molar-refractivity contribution in [1.29, 1.82) is 0 Å². The molecular formula is C13H14O2. The number of hydrogen-bond donors (Lipinski definition) is 0. The Kier molecular flexibility index (Phi) is 2.43. The van der Waals surface area contributed by atoms with Gasteiger partial charge < -0.3 is 0 Å². The van der Waals surface area contributed by atoms with Crippen LogP contribution in [-0.2, 0) is 6.42 Å². The van der Waals surface area contributed by atoms with Crippen LogP contribution < -0.4 is 0 Å². The molecule has 1 aromatic carbocycles. The fourth-order valence-electron chi connectivity index (χ4n) is 2.09. The van der Waals surface area contributed by atoms with Gasteiger partial charge >= 0.3 is 0 Å². The molecule has 0 atom stereocenters. The maximum absolute atomic E-state index is 11.7. The number of fused-ring (bicyclic) bond motifs is 1. The number of rotatable bonds is 1. The quantitative estimate of drug-likeness (QED) is 0.701. The molecule has 0 saturated heterocycles. The topological polar surface area (TPSA) is 34.1 Å². The Morgan fingerprint density at radius 1 is 1.07 bits per heavy atom. The Morgan fingerprint density at radius 3 is 2.13 bits per heavy atom. The molecule has 0 N–H and O–H groups in total. The second kappa shape index (κ2) is 3.61. The van der Waals surface area contributed by atoms with Crippen molar-refractivity contribution < 1.29 is 9.59 Å². The molecule has 15 heavy (non-hydrogen) atoms. The minimum absolute atomic E-state index is 0.107. The third-order valence-electron chi connectivity index (χ3n) is 3.04. The molecule has 2 nitrogen and oxygen atoms in total. The average molecular weight is 202 g/mol. The first-order chi connectivity index (χ1) is 7.13. The second-order valence-electron chi connectivity index (χ2n) is 4.02. The normalized spacial score (nSPS) is 15.3. The summed E-state index contributed by atoms with van der Waals surface area (Å²) in [7, 11) is 0. The van der Waals surface area contributed by atoms with Crippen molar-refractivity contribution in [2.24, 2.45) is 0 Å². The third kappa shape index (κ3) is 1.60. The fraction of sp³-hybridized carbons (Fsp3) is 0.385. The molecule has 0 radical (unpaired) electrons. The van der Waals surface area contributed by atoms with Crippen molar-refractivity contribution >= 4 is 11.6 Å². The lowest BCUT2D eigenvalue weighted by Crippen LogP contribution is -2.17. The van der Waals surface area contributed by atoms with Gasteiger partial charge in [-0.25, -0.2) is 0 Å². The van der Waals surface area contributed by atoms with E-state index in [4.69, 9.17) is 0 Å². The smallest absolute Gasteiger partial charge is 0.164 e. The largest absolute Gasteiger partial charge is 0.294 e. The lowest BCUT2D eigenvalue weighted by Gasteiger charge is -2.16. The number of benzene rings is 1. The van der Waals surface area contributed by atoms with Crippen molar-refractivity contribution in [2.45, 2.75) is 33.1 Å². The summed E-state index contributed by atoms with van der Waals surface area (Å²) in [5.41, 5.74) is 3.53. The molecular weight excluding hydrogens is 188 g/mol. The number of carbonyl (C=O) groups excluding carboxylic acids is 2. The van der Waals surface area contributed by atoms with Crippen LogP contribution in [0.3, 0.4) is 0 Å². The van der Waals surface area contributed by atoms with E-state index < -0.39 is 0 Å². The fourth-order valence-corrected chi connectivity index (χ4v) is 2.09. The zero-order chi connectivity index (χ0) is 11.0. The van der Waals surface area contributed by atoms with Gasteiger partial charge in [0.1, 0.15) is 0 Å². The van der Waals surface area contributed by atoms with Gasteiger partial charge in [-0.3, -0.25) is 9.59 Å². The SMILES string of the molecule is CCc1cc2c(cc1C)C(=O)CCC2=O. The van der Waals surface area contributed by atoms with Crippen LogP contribution in [0.1, 0.15) is 51.6 Å². The first-order valence-electron chi connectivity index (χ1n) is 5.33. The van der Waals surface area contributed by atoms with Gasteiger partial charge in [0.05, 0.1) is 0 Å². The molecule has 0 bridgehead atoms. The summed E-state index contributed by atoms with van der Waals surface area (Å²) in [6, 6.07) is 3.76. The Hall–Kier alpha value is -1.44. The lowest BCUT2D eigenvalue weighted by atomic mass is 9.86. The molecule has 0 amide bonds. The van der Waals surface area contributed by atoms with Gasteiger partial charge in [-0.1, -0.05) is 6.92 Å². The molecule has 78 valence electrons. The van der Waals surface area contributed by atoms with Crippen LogP contribution in [0.15, 0.2) is 12.1 Å². The molecule has 0 fully saturated rings. The zero-order valence-electron chi connectivity index (χ0n) is 9.09. The molecule has 0 aromatic heterocycles. The van der Waals surface area contributed by atoms with Crippen LogP contribution in [0.4, 0.5) is 0 Å². The van der Waals surface area contributed by atoms with Crippen LogP contribution in [0.25, 0.3) is 0 Å². The molecule has 1 aromatic rings. The maximum Gasteiger partial charge on any atom is 0.164 e. The summed E-state index contributed by atoms with van der Waals surface area (Å²) < 4.78 is 0. The van der Waals surface area contributed by atoms with E-state index in [1.54, 1.807) is 0 Å². The van der Waals surface area contributed by atoms with Gasteiger partial charge in [-0.15, -0.1) is 0 Å². The Balaban J connectivity index is 2.64. The Labute approximate surface area is 89.3 Å². The molecule has 0 unspecified atom stereocenters. The van der Waals surface area contributed by atoms with E-state index in [0.29, 0.717) is 24.0 Å². The maximum atomic E-state index is 11.7. The van der Waals surface area contributed by atoms with E-state index in [1.165, 1.54) is 0 Å². The van der Waals surface area contributed by atoms with Gasteiger partial charge in [0.15, 0.2) is 11.6 Å². The van der Waals surface area contributed by atoms with E-state index in [-0.39, 0.29) is 11.6 Å². The standard InChI is InChI=1S/C13H14O2/c1-3-9-7-11-10(6-8(9)2)12(14)4-5-13(11)15/h6-7H,3-5H2,1-2H3. The molecule has 0 spiro atoms. The summed E-state index contributed by atoms with van der Waals surface area (Å²) >= 11 is 0. The lowest BCUT2D eigenvalue weighted by molar-refractivity contribution is 0.0890. The van der Waals surface area contributed by atoms with Gasteiger partial charge in [-0.2, -0.15) is 0 Å². The molecule has 2 heteroatoms. The summed E-state index contributed by atoms with van der Waals surface area (Å²) in [5, 5.41) is 0. The third-order valence-corrected chi connectivity index (χ3v) is 3.04. The summed E-state index contributed by atoms with van der Waals surface area (Å²) in [6.07, 6.45) is 1.65. The van der Waals surface area contributed by atoms with Crippen LogP contribution >= 0.6 is 0 Å². The molecule has 0 aliphatic heterocycles. The Morgan fingerprint density at radius 2 is 1.60 bits per heavy atom. The predicted octanol–water partition coefficient (Wildman–Crippen LogP) is 2.72. The van der Waals surface area contributed by atoms with Crippen LogP contribution in [0.5, 0.6) is 0 Å². The van der Waals surface area contributed by atoms with Crippen LogP contribution in [0, 0.1) is 6.92 Å². The number of aryl methyl sites for hydroxylation is 2. The molecule has 0 heterocycles. The van der Waals surface area contributed by atoms with Crippen LogP contribution in [-0.4, -0.2) is 11.6 Å². The predicted molar refractivity (Wildman–Crippen MR) is 58.5 cm³/mol. The van der Waals surface area contributed by atoms with Crippen molar-refractivity contribution in [3.8, 4) is 0 Å².